The van der Waals surface area contributed by atoms with Gasteiger partial charge in [0, 0.05) is 21.2 Å². The number of hydrogen-bond acceptors (Lipinski definition) is 6. The molecule has 0 spiro atoms. The van der Waals surface area contributed by atoms with E-state index in [0.29, 0.717) is 38.4 Å². The highest BCUT2D eigenvalue weighted by molar-refractivity contribution is 6.31. The summed E-state index contributed by atoms with van der Waals surface area (Å²) in [6.07, 6.45) is 0. The number of halogens is 2. The summed E-state index contributed by atoms with van der Waals surface area (Å²) in [6.45, 7) is -0.454. The van der Waals surface area contributed by atoms with Crippen molar-refractivity contribution in [1.29, 1.82) is 0 Å². The van der Waals surface area contributed by atoms with Crippen molar-refractivity contribution < 1.29 is 19.1 Å². The summed E-state index contributed by atoms with van der Waals surface area (Å²) in [5.41, 5.74) is 1.68. The Labute approximate surface area is 199 Å². The predicted octanol–water partition coefficient (Wildman–Crippen LogP) is 5.29. The van der Waals surface area contributed by atoms with Crippen molar-refractivity contribution >= 4 is 35.0 Å². The number of ketones is 1. The van der Waals surface area contributed by atoms with Crippen molar-refractivity contribution in [1.82, 2.24) is 14.8 Å². The van der Waals surface area contributed by atoms with Crippen LogP contribution in [0.4, 0.5) is 0 Å². The average Bonchev–Trinajstić information content (AvgIpc) is 3.28. The largest absolute Gasteiger partial charge is 0.497 e. The van der Waals surface area contributed by atoms with Gasteiger partial charge in [-0.1, -0.05) is 35.3 Å². The first-order valence-corrected chi connectivity index (χ1v) is 10.5. The number of aromatic nitrogens is 3. The highest BCUT2D eigenvalue weighted by Gasteiger charge is 2.21. The Bertz CT molecular complexity index is 1300. The molecule has 1 heterocycles. The normalized spacial score (nSPS) is 10.6. The molecule has 0 aliphatic carbocycles. The highest BCUT2D eigenvalue weighted by Crippen LogP contribution is 2.25. The first kappa shape index (κ1) is 22.5. The number of rotatable bonds is 7. The molecule has 4 aromatic rings. The zero-order chi connectivity index (χ0) is 23.4. The molecule has 1 aromatic heterocycles. The van der Waals surface area contributed by atoms with Gasteiger partial charge in [-0.05, 0) is 60.7 Å². The molecule has 4 rings (SSSR count). The third-order valence-corrected chi connectivity index (χ3v) is 5.18. The van der Waals surface area contributed by atoms with Gasteiger partial charge in [-0.25, -0.2) is 14.5 Å². The minimum absolute atomic E-state index is 0.190. The lowest BCUT2D eigenvalue weighted by molar-refractivity contribution is 0.0462. The van der Waals surface area contributed by atoms with Gasteiger partial charge >= 0.3 is 5.97 Å². The molecular formula is C24H17Cl2N3O4. The van der Waals surface area contributed by atoms with E-state index in [1.54, 1.807) is 79.9 Å². The van der Waals surface area contributed by atoms with Crippen molar-refractivity contribution in [3.8, 4) is 22.8 Å². The van der Waals surface area contributed by atoms with Crippen molar-refractivity contribution in [3.05, 3.63) is 94.2 Å². The molecule has 0 N–H and O–H groups in total. The molecule has 7 nitrogen and oxygen atoms in total. The van der Waals surface area contributed by atoms with Gasteiger partial charge in [-0.15, -0.1) is 5.10 Å². The van der Waals surface area contributed by atoms with E-state index in [9.17, 15) is 9.59 Å². The molecule has 0 bridgehead atoms. The van der Waals surface area contributed by atoms with E-state index < -0.39 is 12.6 Å². The lowest BCUT2D eigenvalue weighted by atomic mass is 10.1. The summed E-state index contributed by atoms with van der Waals surface area (Å²) in [6, 6.07) is 20.4. The zero-order valence-electron chi connectivity index (χ0n) is 17.4. The summed E-state index contributed by atoms with van der Waals surface area (Å²) in [7, 11) is 1.57. The summed E-state index contributed by atoms with van der Waals surface area (Å²) >= 11 is 12.0. The number of carbonyl (C=O) groups excluding carboxylic acids is 2. The average molecular weight is 482 g/mol. The number of ether oxygens (including phenoxy) is 2. The number of esters is 1. The standard InChI is InChI=1S/C24H17Cl2N3O4/c1-32-20-11-9-19(10-12-20)29-23(16-3-2-4-18(26)13-16)27-22(28-29)24(31)33-14-21(30)15-5-7-17(25)8-6-15/h2-13H,14H2,1H3. The fourth-order valence-corrected chi connectivity index (χ4v) is 3.35. The van der Waals surface area contributed by atoms with Crippen LogP contribution in [0.3, 0.4) is 0 Å². The Morgan fingerprint density at radius 2 is 1.67 bits per heavy atom. The quantitative estimate of drug-likeness (QED) is 0.263. The molecular weight excluding hydrogens is 465 g/mol. The maximum Gasteiger partial charge on any atom is 0.378 e. The number of nitrogens with zero attached hydrogens (tertiary/aromatic N) is 3. The molecule has 0 saturated carbocycles. The Kier molecular flexibility index (Phi) is 6.72. The second kappa shape index (κ2) is 9.85. The van der Waals surface area contributed by atoms with E-state index in [0.717, 1.165) is 0 Å². The van der Waals surface area contributed by atoms with Crippen LogP contribution < -0.4 is 4.74 Å². The van der Waals surface area contributed by atoms with Crippen LogP contribution in [0.1, 0.15) is 21.0 Å². The second-order valence-corrected chi connectivity index (χ2v) is 7.76. The topological polar surface area (TPSA) is 83.3 Å². The minimum Gasteiger partial charge on any atom is -0.497 e. The molecule has 0 radical (unpaired) electrons. The van der Waals surface area contributed by atoms with Gasteiger partial charge in [0.1, 0.15) is 5.75 Å². The molecule has 0 unspecified atom stereocenters. The molecule has 166 valence electrons. The molecule has 9 heteroatoms. The third kappa shape index (κ3) is 5.22. The van der Waals surface area contributed by atoms with Crippen LogP contribution in [0.5, 0.6) is 5.75 Å². The molecule has 33 heavy (non-hydrogen) atoms. The maximum absolute atomic E-state index is 12.7. The first-order valence-electron chi connectivity index (χ1n) is 9.78. The molecule has 0 fully saturated rings. The monoisotopic (exact) mass is 481 g/mol. The van der Waals surface area contributed by atoms with Gasteiger partial charge in [0.25, 0.3) is 5.82 Å². The molecule has 0 saturated heterocycles. The van der Waals surface area contributed by atoms with Gasteiger partial charge in [-0.2, -0.15) is 0 Å². The summed E-state index contributed by atoms with van der Waals surface area (Å²) in [4.78, 5) is 29.3. The van der Waals surface area contributed by atoms with Crippen LogP contribution in [-0.4, -0.2) is 40.2 Å². The zero-order valence-corrected chi connectivity index (χ0v) is 18.9. The van der Waals surface area contributed by atoms with E-state index in [-0.39, 0.29) is 11.6 Å². The molecule has 3 aromatic carbocycles. The van der Waals surface area contributed by atoms with Crippen LogP contribution >= 0.6 is 23.2 Å². The van der Waals surface area contributed by atoms with E-state index in [1.165, 1.54) is 4.68 Å². The predicted molar refractivity (Wildman–Crippen MR) is 124 cm³/mol. The Hall–Kier alpha value is -3.68. The number of hydrogen-bond donors (Lipinski definition) is 0. The second-order valence-electron chi connectivity index (χ2n) is 6.89. The fraction of sp³-hybridized carbons (Fsp3) is 0.0833. The van der Waals surface area contributed by atoms with Crippen LogP contribution in [0.15, 0.2) is 72.8 Å². The Balaban J connectivity index is 1.61. The molecule has 0 amide bonds. The Morgan fingerprint density at radius 3 is 2.33 bits per heavy atom. The highest BCUT2D eigenvalue weighted by atomic mass is 35.5. The SMILES string of the molecule is COc1ccc(-n2nc(C(=O)OCC(=O)c3ccc(Cl)cc3)nc2-c2cccc(Cl)c2)cc1. The smallest absolute Gasteiger partial charge is 0.378 e. The number of benzene rings is 3. The van der Waals surface area contributed by atoms with Crippen LogP contribution in [0.25, 0.3) is 17.1 Å². The van der Waals surface area contributed by atoms with Crippen LogP contribution in [-0.2, 0) is 4.74 Å². The minimum atomic E-state index is -0.826. The van der Waals surface area contributed by atoms with Crippen molar-refractivity contribution in [3.63, 3.8) is 0 Å². The van der Waals surface area contributed by atoms with Gasteiger partial charge in [0.05, 0.1) is 12.8 Å². The van der Waals surface area contributed by atoms with Crippen molar-refractivity contribution in [2.75, 3.05) is 13.7 Å². The lowest BCUT2D eigenvalue weighted by Crippen LogP contribution is -2.15. The van der Waals surface area contributed by atoms with Gasteiger partial charge in [0.2, 0.25) is 0 Å². The summed E-state index contributed by atoms with van der Waals surface area (Å²) in [5.74, 6) is -0.329. The third-order valence-electron chi connectivity index (χ3n) is 4.69. The molecule has 0 aliphatic heterocycles. The number of Topliss-reactive ketones (excluding diaryl/α,β-unsaturated/α-hetero) is 1. The maximum atomic E-state index is 12.7. The van der Waals surface area contributed by atoms with Gasteiger partial charge in [0.15, 0.2) is 18.2 Å². The number of methoxy groups -OCH3 is 1. The van der Waals surface area contributed by atoms with Gasteiger partial charge < -0.3 is 9.47 Å². The van der Waals surface area contributed by atoms with Gasteiger partial charge in [-0.3, -0.25) is 4.79 Å². The van der Waals surface area contributed by atoms with Crippen LogP contribution in [0, 0.1) is 0 Å². The van der Waals surface area contributed by atoms with E-state index in [2.05, 4.69) is 10.1 Å². The van der Waals surface area contributed by atoms with Crippen molar-refractivity contribution in [2.45, 2.75) is 0 Å². The first-order chi connectivity index (χ1) is 15.9. The summed E-state index contributed by atoms with van der Waals surface area (Å²) < 4.78 is 11.9. The van der Waals surface area contributed by atoms with Crippen molar-refractivity contribution in [2.24, 2.45) is 0 Å². The lowest BCUT2D eigenvalue weighted by Gasteiger charge is -2.07. The summed E-state index contributed by atoms with van der Waals surface area (Å²) in [5, 5.41) is 5.34. The van der Waals surface area contributed by atoms with E-state index >= 15 is 0 Å². The molecule has 0 atom stereocenters. The van der Waals surface area contributed by atoms with E-state index in [1.807, 2.05) is 0 Å². The fourth-order valence-electron chi connectivity index (χ4n) is 3.03. The van der Waals surface area contributed by atoms with E-state index in [4.69, 9.17) is 32.7 Å². The van der Waals surface area contributed by atoms with Crippen LogP contribution in [0.2, 0.25) is 10.0 Å². The molecule has 0 aliphatic rings. The Morgan fingerprint density at radius 1 is 0.939 bits per heavy atom. The number of carbonyl (C=O) groups is 2.